The maximum atomic E-state index is 13.5. The molecule has 4 amide bonds. The topological polar surface area (TPSA) is 205 Å². The van der Waals surface area contributed by atoms with Crippen molar-refractivity contribution in [2.75, 3.05) is 36.9 Å². The molecule has 1 atom stereocenters. The van der Waals surface area contributed by atoms with E-state index in [0.717, 1.165) is 75.7 Å². The number of aliphatic carboxylic acids is 1. The van der Waals surface area contributed by atoms with E-state index in [-0.39, 0.29) is 42.3 Å². The number of halogens is 3. The average molecular weight is 852 g/mol. The third-order valence-corrected chi connectivity index (χ3v) is 10.1. The molecule has 3 aromatic carbocycles. The summed E-state index contributed by atoms with van der Waals surface area (Å²) in [6.45, 7) is 2.64. The van der Waals surface area contributed by atoms with Crippen LogP contribution in [0.1, 0.15) is 87.3 Å². The molecule has 4 aromatic rings. The number of carbonyl (C=O) groups excluding carboxylic acids is 4. The van der Waals surface area contributed by atoms with Gasteiger partial charge in [0.15, 0.2) is 6.61 Å². The number of nitrogens with one attached hydrogen (secondary N) is 4. The number of unbranched alkanes of at least 4 members (excludes halogenated alkanes) is 4. The molecule has 14 nitrogen and oxygen atoms in total. The highest BCUT2D eigenvalue weighted by atomic mass is 32.1. The fraction of sp³-hybridized carbons (Fsp3) is 0.381. The lowest BCUT2D eigenvalue weighted by atomic mass is 10.1. The van der Waals surface area contributed by atoms with Gasteiger partial charge in [-0.3, -0.25) is 19.2 Å². The Morgan fingerprint density at radius 2 is 1.63 bits per heavy atom. The van der Waals surface area contributed by atoms with Gasteiger partial charge in [-0.1, -0.05) is 37.5 Å². The number of carboxylic acid groups (broad SMARTS) is 1. The molecule has 0 saturated heterocycles. The van der Waals surface area contributed by atoms with Crippen LogP contribution in [0.3, 0.4) is 0 Å². The molecular weight excluding hydrogens is 804 g/mol. The first kappa shape index (κ1) is 45.2. The van der Waals surface area contributed by atoms with Gasteiger partial charge in [0.25, 0.3) is 23.6 Å². The number of benzene rings is 3. The molecule has 2 heterocycles. The highest BCUT2D eigenvalue weighted by molar-refractivity contribution is 7.07. The van der Waals surface area contributed by atoms with Crippen LogP contribution in [0.5, 0.6) is 5.75 Å². The molecule has 0 bridgehead atoms. The molecule has 60 heavy (non-hydrogen) atoms. The van der Waals surface area contributed by atoms with E-state index in [9.17, 15) is 32.3 Å². The van der Waals surface area contributed by atoms with Gasteiger partial charge in [0.05, 0.1) is 16.9 Å². The second-order valence-electron chi connectivity index (χ2n) is 14.4. The number of nitrogens with zero attached hydrogens (tertiary/aromatic N) is 2. The van der Waals surface area contributed by atoms with E-state index >= 15 is 0 Å². The number of ether oxygens (including phenoxy) is 1. The smallest absolute Gasteiger partial charge is 0.482 e. The van der Waals surface area contributed by atoms with Crippen LogP contribution in [0, 0.1) is 0 Å². The van der Waals surface area contributed by atoms with Crippen molar-refractivity contribution in [2.24, 2.45) is 5.73 Å². The Morgan fingerprint density at radius 3 is 2.32 bits per heavy atom. The van der Waals surface area contributed by atoms with Crippen molar-refractivity contribution in [2.45, 2.75) is 76.2 Å². The number of anilines is 2. The normalized spacial score (nSPS) is 13.7. The zero-order valence-electron chi connectivity index (χ0n) is 32.8. The summed E-state index contributed by atoms with van der Waals surface area (Å²) in [4.78, 5) is 66.1. The third kappa shape index (κ3) is 14.5. The Kier molecular flexibility index (Phi) is 16.5. The molecule has 320 valence electrons. The number of nitrogens with two attached hydrogens (primary N) is 1. The van der Waals surface area contributed by atoms with Crippen LogP contribution in [0.25, 0.3) is 0 Å². The van der Waals surface area contributed by atoms with E-state index in [1.165, 1.54) is 0 Å². The molecule has 2 aliphatic rings. The Bertz CT molecular complexity index is 2080. The Labute approximate surface area is 349 Å². The summed E-state index contributed by atoms with van der Waals surface area (Å²) in [6.07, 6.45) is 2.85. The van der Waals surface area contributed by atoms with Crippen molar-refractivity contribution < 1.29 is 47.0 Å². The molecule has 1 aliphatic carbocycles. The average Bonchev–Trinajstić information content (AvgIpc) is 3.94. The quantitative estimate of drug-likeness (QED) is 0.0607. The van der Waals surface area contributed by atoms with Crippen LogP contribution in [-0.2, 0) is 22.6 Å². The van der Waals surface area contributed by atoms with E-state index in [4.69, 9.17) is 20.4 Å². The summed E-state index contributed by atoms with van der Waals surface area (Å²) in [7, 11) is 0. The molecule has 1 saturated carbocycles. The zero-order valence-corrected chi connectivity index (χ0v) is 33.6. The van der Waals surface area contributed by atoms with Crippen LogP contribution in [0.15, 0.2) is 77.6 Å². The highest BCUT2D eigenvalue weighted by Gasteiger charge is 2.38. The number of hydrogen-bond donors (Lipinski definition) is 6. The van der Waals surface area contributed by atoms with Crippen molar-refractivity contribution in [3.05, 3.63) is 106 Å². The number of hydrogen-bond acceptors (Lipinski definition) is 10. The second-order valence-corrected chi connectivity index (χ2v) is 15.1. The van der Waals surface area contributed by atoms with E-state index in [1.807, 2.05) is 27.9 Å². The van der Waals surface area contributed by atoms with Crippen LogP contribution in [0.4, 0.5) is 24.5 Å². The molecule has 0 radical (unpaired) electrons. The first-order valence-corrected chi connectivity index (χ1v) is 20.5. The fourth-order valence-electron chi connectivity index (χ4n) is 6.20. The summed E-state index contributed by atoms with van der Waals surface area (Å²) in [5.74, 6) is -3.07. The van der Waals surface area contributed by atoms with Gasteiger partial charge in [-0.25, -0.2) is 9.78 Å². The number of carboxylic acids is 1. The summed E-state index contributed by atoms with van der Waals surface area (Å²) < 4.78 is 37.2. The van der Waals surface area contributed by atoms with Crippen molar-refractivity contribution >= 4 is 52.3 Å². The molecule has 1 aromatic heterocycles. The summed E-state index contributed by atoms with van der Waals surface area (Å²) >= 11 is 1.59. The van der Waals surface area contributed by atoms with Crippen LogP contribution in [-0.4, -0.2) is 89.1 Å². The Morgan fingerprint density at radius 1 is 0.933 bits per heavy atom. The Hall–Kier alpha value is -5.85. The minimum Gasteiger partial charge on any atom is -0.482 e. The third-order valence-electron chi connectivity index (χ3n) is 9.48. The van der Waals surface area contributed by atoms with Crippen molar-refractivity contribution in [3.8, 4) is 5.75 Å². The van der Waals surface area contributed by atoms with Gasteiger partial charge >= 0.3 is 12.1 Å². The fourth-order valence-corrected chi connectivity index (χ4v) is 6.77. The van der Waals surface area contributed by atoms with Crippen molar-refractivity contribution in [1.82, 2.24) is 20.5 Å². The van der Waals surface area contributed by atoms with E-state index in [0.29, 0.717) is 46.9 Å². The highest BCUT2D eigenvalue weighted by Crippen LogP contribution is 2.33. The van der Waals surface area contributed by atoms with Crippen molar-refractivity contribution in [1.29, 1.82) is 0 Å². The lowest BCUT2D eigenvalue weighted by molar-refractivity contribution is -0.192. The maximum absolute atomic E-state index is 13.5. The van der Waals surface area contributed by atoms with Gasteiger partial charge in [0.1, 0.15) is 5.75 Å². The number of alkyl halides is 3. The minimum absolute atomic E-state index is 0.0727. The first-order chi connectivity index (χ1) is 28.8. The second kappa shape index (κ2) is 22.0. The van der Waals surface area contributed by atoms with E-state index in [1.54, 1.807) is 65.9 Å². The molecule has 1 fully saturated rings. The van der Waals surface area contributed by atoms with Crippen molar-refractivity contribution in [3.63, 3.8) is 0 Å². The Balaban J connectivity index is 0.000000896. The molecule has 7 N–H and O–H groups in total. The van der Waals surface area contributed by atoms with E-state index in [2.05, 4.69) is 26.3 Å². The van der Waals surface area contributed by atoms with Gasteiger partial charge in [-0.15, -0.1) is 11.3 Å². The van der Waals surface area contributed by atoms with Gasteiger partial charge in [-0.05, 0) is 86.3 Å². The number of fused-ring (bicyclic) bond motifs is 1. The zero-order chi connectivity index (χ0) is 43.1. The molecule has 18 heteroatoms. The predicted molar refractivity (Wildman–Crippen MR) is 220 cm³/mol. The van der Waals surface area contributed by atoms with Gasteiger partial charge in [-0.2, -0.15) is 13.2 Å². The maximum Gasteiger partial charge on any atom is 0.490 e. The number of thiazole rings is 1. The van der Waals surface area contributed by atoms with Gasteiger partial charge in [0.2, 0.25) is 0 Å². The van der Waals surface area contributed by atoms with Gasteiger partial charge < -0.3 is 41.7 Å². The lowest BCUT2D eigenvalue weighted by Crippen LogP contribution is -2.36. The number of aromatic nitrogens is 1. The van der Waals surface area contributed by atoms with E-state index < -0.39 is 12.1 Å². The standard InChI is InChI=1S/C40H47N7O5S.C2HF3O2/c41-31(21-33-25-53-26-44-33)22-42-17-4-2-1-3-5-18-43-38(49)29-7-6-8-32(19-29)45-39(50)28-11-9-27(10-12-28)23-47(34-14-15-34)40(51)30-13-16-35-36(20-30)52-24-37(48)46-35;3-2(4,5)1(6)7/h6-13,16,19-20,25-26,31,34,42H,1-5,14-15,17-18,21-24,41H2,(H,43,49)(H,45,50)(H,46,48);(H,6,7)/t31-;/m0./s1. The van der Waals surface area contributed by atoms with Crippen LogP contribution < -0.4 is 31.7 Å². The molecule has 1 aliphatic heterocycles. The largest absolute Gasteiger partial charge is 0.490 e. The lowest BCUT2D eigenvalue weighted by Gasteiger charge is -2.24. The first-order valence-electron chi connectivity index (χ1n) is 19.6. The van der Waals surface area contributed by atoms with Crippen LogP contribution in [0.2, 0.25) is 0 Å². The molecular formula is C42H48F3N7O7S. The monoisotopic (exact) mass is 851 g/mol. The SMILES string of the molecule is N[C@H](CNCCCCCCCNC(=O)c1cccc(NC(=O)c2ccc(CN(C(=O)c3ccc4c(c3)OCC(=O)N4)C3CC3)cc2)c1)Cc1cscn1.O=C(O)C(F)(F)F. The van der Waals surface area contributed by atoms with Crippen LogP contribution >= 0.6 is 11.3 Å². The number of carbonyl (C=O) groups is 5. The number of amides is 4. The minimum atomic E-state index is -5.08. The molecule has 0 spiro atoms. The molecule has 6 rings (SSSR count). The summed E-state index contributed by atoms with van der Waals surface area (Å²) in [5.41, 5.74) is 12.5. The van der Waals surface area contributed by atoms with Gasteiger partial charge in [0, 0.05) is 65.9 Å². The predicted octanol–water partition coefficient (Wildman–Crippen LogP) is 6.00. The summed E-state index contributed by atoms with van der Waals surface area (Å²) in [5, 5.41) is 21.2. The summed E-state index contributed by atoms with van der Waals surface area (Å²) in [6, 6.07) is 19.4. The number of rotatable bonds is 19. The molecule has 0 unspecified atom stereocenters.